The number of nitrogens with one attached hydrogen (secondary N) is 1. The van der Waals surface area contributed by atoms with Gasteiger partial charge in [0.25, 0.3) is 0 Å². The number of β-amino-alcohol motifs (C(OH)–C–C–N with tert-alkyl or cyclic N) is 1. The van der Waals surface area contributed by atoms with Gasteiger partial charge in [-0.3, -0.25) is 9.69 Å². The summed E-state index contributed by atoms with van der Waals surface area (Å²) in [6.45, 7) is 6.88. The van der Waals surface area contributed by atoms with Gasteiger partial charge in [-0.1, -0.05) is 19.9 Å². The summed E-state index contributed by atoms with van der Waals surface area (Å²) < 4.78 is 11.1. The lowest BCUT2D eigenvalue weighted by molar-refractivity contribution is 0.0836. The molecule has 8 nitrogen and oxygen atoms in total. The number of ketones is 1. The highest BCUT2D eigenvalue weighted by molar-refractivity contribution is 5.96. The van der Waals surface area contributed by atoms with Crippen LogP contribution < -0.4 is 10.1 Å². The molecule has 0 bridgehead atoms. The molecular formula is C31H40N4O4. The number of aliphatic hydroxyl groups is 1. The van der Waals surface area contributed by atoms with E-state index >= 15 is 0 Å². The number of anilines is 1. The number of fused-ring (bicyclic) bond motifs is 1. The molecule has 5 rings (SSSR count). The number of carbonyl (C=O) groups is 1. The number of Topliss-reactive ketones (excluding diaryl/α,β-unsaturated/α-hetero) is 1. The Morgan fingerprint density at radius 1 is 1.23 bits per heavy atom. The van der Waals surface area contributed by atoms with Crippen LogP contribution in [0.25, 0.3) is 0 Å². The Hall–Kier alpha value is -3.23. The molecule has 8 heteroatoms. The van der Waals surface area contributed by atoms with Crippen LogP contribution in [-0.2, 0) is 26.0 Å². The van der Waals surface area contributed by atoms with Crippen molar-refractivity contribution in [2.75, 3.05) is 18.4 Å². The number of rotatable bonds is 13. The maximum atomic E-state index is 13.1. The number of pyridine rings is 1. The minimum absolute atomic E-state index is 0.0694. The van der Waals surface area contributed by atoms with E-state index in [0.717, 1.165) is 56.0 Å². The first kappa shape index (κ1) is 27.3. The summed E-state index contributed by atoms with van der Waals surface area (Å²) in [6.07, 6.45) is 8.58. The SMILES string of the molecule is CC(C)Cc1cc(C(=O)CC[C@H](O)CN2CCc3cc(OCc4cnco4)ccc3C2)cc(NC2CCC2)n1. The number of oxazole rings is 1. The van der Waals surface area contributed by atoms with E-state index in [-0.39, 0.29) is 5.78 Å². The van der Waals surface area contributed by atoms with Crippen LogP contribution in [0.2, 0.25) is 0 Å². The molecule has 0 spiro atoms. The van der Waals surface area contributed by atoms with Gasteiger partial charge in [0.05, 0.1) is 12.3 Å². The average molecular weight is 533 g/mol. The molecule has 1 saturated carbocycles. The molecule has 0 radical (unpaired) electrons. The number of hydrogen-bond donors (Lipinski definition) is 2. The van der Waals surface area contributed by atoms with Gasteiger partial charge in [0.2, 0.25) is 0 Å². The van der Waals surface area contributed by atoms with Gasteiger partial charge in [0.1, 0.15) is 18.2 Å². The molecule has 0 unspecified atom stereocenters. The maximum absolute atomic E-state index is 13.1. The lowest BCUT2D eigenvalue weighted by Gasteiger charge is -2.30. The first-order valence-corrected chi connectivity index (χ1v) is 14.2. The van der Waals surface area contributed by atoms with Crippen LogP contribution in [-0.4, -0.2) is 51.0 Å². The van der Waals surface area contributed by atoms with Gasteiger partial charge in [-0.05, 0) is 79.8 Å². The van der Waals surface area contributed by atoms with Crippen molar-refractivity contribution in [3.8, 4) is 5.75 Å². The smallest absolute Gasteiger partial charge is 0.181 e. The Balaban J connectivity index is 1.11. The average Bonchev–Trinajstić information content (AvgIpc) is 3.41. The Kier molecular flexibility index (Phi) is 8.94. The molecule has 208 valence electrons. The van der Waals surface area contributed by atoms with Gasteiger partial charge >= 0.3 is 0 Å². The summed E-state index contributed by atoms with van der Waals surface area (Å²) >= 11 is 0. The van der Waals surface area contributed by atoms with Crippen LogP contribution in [0.4, 0.5) is 5.82 Å². The van der Waals surface area contributed by atoms with E-state index in [1.54, 1.807) is 6.20 Å². The van der Waals surface area contributed by atoms with Crippen LogP contribution in [0.1, 0.15) is 78.9 Å². The Labute approximate surface area is 230 Å². The molecule has 1 atom stereocenters. The van der Waals surface area contributed by atoms with Gasteiger partial charge in [-0.25, -0.2) is 9.97 Å². The van der Waals surface area contributed by atoms with E-state index in [4.69, 9.17) is 14.1 Å². The van der Waals surface area contributed by atoms with Gasteiger partial charge in [0, 0.05) is 43.4 Å². The van der Waals surface area contributed by atoms with Crippen LogP contribution in [0.15, 0.2) is 47.3 Å². The molecule has 3 aromatic rings. The number of aliphatic hydroxyl groups excluding tert-OH is 1. The minimum atomic E-state index is -0.551. The molecule has 1 aliphatic heterocycles. The number of aromatic nitrogens is 2. The van der Waals surface area contributed by atoms with Gasteiger partial charge < -0.3 is 19.6 Å². The van der Waals surface area contributed by atoms with Crippen molar-refractivity contribution in [2.45, 2.75) is 84.1 Å². The highest BCUT2D eigenvalue weighted by Crippen LogP contribution is 2.26. The number of nitrogens with zero attached hydrogens (tertiary/aromatic N) is 3. The summed E-state index contributed by atoms with van der Waals surface area (Å²) in [6, 6.07) is 10.5. The summed E-state index contributed by atoms with van der Waals surface area (Å²) in [5.74, 6) is 2.85. The van der Waals surface area contributed by atoms with Crippen molar-refractivity contribution >= 4 is 11.6 Å². The van der Waals surface area contributed by atoms with Crippen molar-refractivity contribution in [3.05, 3.63) is 71.1 Å². The highest BCUT2D eigenvalue weighted by atomic mass is 16.5. The van der Waals surface area contributed by atoms with Crippen LogP contribution in [0.5, 0.6) is 5.75 Å². The monoisotopic (exact) mass is 532 g/mol. The second-order valence-corrected chi connectivity index (χ2v) is 11.4. The van der Waals surface area contributed by atoms with Crippen molar-refractivity contribution in [3.63, 3.8) is 0 Å². The standard InChI is InChI=1S/C31H40N4O4/c1-21(2)12-26-13-24(15-31(34-26)33-25-4-3-5-25)30(37)9-7-27(36)18-35-11-10-22-14-28(8-6-23(22)17-35)38-19-29-16-32-20-39-29/h6,8,13-16,20-21,25,27,36H,3-5,7,9-12,17-19H2,1-2H3,(H,33,34)/t27-/m0/s1. The fourth-order valence-electron chi connectivity index (χ4n) is 5.24. The van der Waals surface area contributed by atoms with Crippen LogP contribution >= 0.6 is 0 Å². The van der Waals surface area contributed by atoms with Crippen LogP contribution in [0.3, 0.4) is 0 Å². The maximum Gasteiger partial charge on any atom is 0.181 e. The molecule has 39 heavy (non-hydrogen) atoms. The Bertz CT molecular complexity index is 1240. The second-order valence-electron chi connectivity index (χ2n) is 11.4. The van der Waals surface area contributed by atoms with Gasteiger partial charge in [-0.2, -0.15) is 0 Å². The first-order valence-electron chi connectivity index (χ1n) is 14.2. The predicted molar refractivity (Wildman–Crippen MR) is 150 cm³/mol. The summed E-state index contributed by atoms with van der Waals surface area (Å²) in [4.78, 5) is 24.1. The van der Waals surface area contributed by atoms with Crippen molar-refractivity contribution in [1.29, 1.82) is 0 Å². The summed E-state index contributed by atoms with van der Waals surface area (Å²) in [5.41, 5.74) is 4.17. The largest absolute Gasteiger partial charge is 0.486 e. The molecule has 3 heterocycles. The normalized spacial score (nSPS) is 16.5. The topological polar surface area (TPSA) is 101 Å². The zero-order valence-corrected chi connectivity index (χ0v) is 23.1. The quantitative estimate of drug-likeness (QED) is 0.290. The fraction of sp³-hybridized carbons (Fsp3) is 0.516. The highest BCUT2D eigenvalue weighted by Gasteiger charge is 2.22. The summed E-state index contributed by atoms with van der Waals surface area (Å²) in [7, 11) is 0. The van der Waals surface area contributed by atoms with Crippen molar-refractivity contribution in [1.82, 2.24) is 14.9 Å². The first-order chi connectivity index (χ1) is 18.9. The number of ether oxygens (including phenoxy) is 1. The number of hydrogen-bond acceptors (Lipinski definition) is 8. The molecule has 2 aromatic heterocycles. The third-order valence-electron chi connectivity index (χ3n) is 7.58. The molecule has 0 saturated heterocycles. The second kappa shape index (κ2) is 12.7. The molecule has 0 amide bonds. The lowest BCUT2D eigenvalue weighted by Crippen LogP contribution is -2.36. The van der Waals surface area contributed by atoms with E-state index in [9.17, 15) is 9.90 Å². The van der Waals surface area contributed by atoms with E-state index < -0.39 is 6.10 Å². The molecular weight excluding hydrogens is 492 g/mol. The predicted octanol–water partition coefficient (Wildman–Crippen LogP) is 5.19. The van der Waals surface area contributed by atoms with Gasteiger partial charge in [0.15, 0.2) is 17.9 Å². The third kappa shape index (κ3) is 7.67. The molecule has 1 fully saturated rings. The minimum Gasteiger partial charge on any atom is -0.486 e. The third-order valence-corrected chi connectivity index (χ3v) is 7.58. The zero-order valence-electron chi connectivity index (χ0n) is 23.1. The van der Waals surface area contributed by atoms with Gasteiger partial charge in [-0.15, -0.1) is 0 Å². The molecule has 1 aliphatic carbocycles. The number of carbonyl (C=O) groups excluding carboxylic acids is 1. The Morgan fingerprint density at radius 3 is 2.85 bits per heavy atom. The zero-order chi connectivity index (χ0) is 27.2. The lowest BCUT2D eigenvalue weighted by atomic mass is 9.93. The van der Waals surface area contributed by atoms with E-state index in [2.05, 4.69) is 41.2 Å². The molecule has 1 aromatic carbocycles. The van der Waals surface area contributed by atoms with Crippen LogP contribution in [0, 0.1) is 5.92 Å². The molecule has 2 N–H and O–H groups in total. The van der Waals surface area contributed by atoms with E-state index in [1.807, 2.05) is 18.2 Å². The Morgan fingerprint density at radius 2 is 2.10 bits per heavy atom. The van der Waals surface area contributed by atoms with E-state index in [0.29, 0.717) is 49.3 Å². The van der Waals surface area contributed by atoms with Crippen molar-refractivity contribution in [2.24, 2.45) is 5.92 Å². The number of benzene rings is 1. The fourth-order valence-corrected chi connectivity index (χ4v) is 5.24. The van der Waals surface area contributed by atoms with E-state index in [1.165, 1.54) is 23.9 Å². The molecule has 2 aliphatic rings. The summed E-state index contributed by atoms with van der Waals surface area (Å²) in [5, 5.41) is 14.3. The van der Waals surface area contributed by atoms with Crippen molar-refractivity contribution < 1.29 is 19.1 Å².